The summed E-state index contributed by atoms with van der Waals surface area (Å²) >= 11 is 4.80. The lowest BCUT2D eigenvalue weighted by Crippen LogP contribution is -2.52. The van der Waals surface area contributed by atoms with E-state index in [2.05, 4.69) is 5.32 Å². The molecule has 0 heterocycles. The van der Waals surface area contributed by atoms with Gasteiger partial charge in [0, 0.05) is 6.42 Å². The summed E-state index contributed by atoms with van der Waals surface area (Å²) in [5.41, 5.74) is 4.86. The molecule has 12 heavy (non-hydrogen) atoms. The number of nitrogens with one attached hydrogen (secondary N) is 1. The van der Waals surface area contributed by atoms with Crippen LogP contribution in [-0.2, 0) is 4.79 Å². The third-order valence-electron chi connectivity index (χ3n) is 1.54. The average Bonchev–Trinajstić information content (AvgIpc) is 1.85. The van der Waals surface area contributed by atoms with Crippen molar-refractivity contribution in [2.45, 2.75) is 39.2 Å². The first-order valence-electron chi connectivity index (χ1n) is 4.01. The molecule has 0 aromatic rings. The average molecular weight is 188 g/mol. The van der Waals surface area contributed by atoms with Gasteiger partial charge in [0.25, 0.3) is 0 Å². The Labute approximate surface area is 78.7 Å². The summed E-state index contributed by atoms with van der Waals surface area (Å²) in [6.45, 7) is 5.54. The van der Waals surface area contributed by atoms with Crippen molar-refractivity contribution in [3.8, 4) is 0 Å². The molecule has 70 valence electrons. The first-order valence-corrected chi connectivity index (χ1v) is 4.42. The Morgan fingerprint density at radius 2 is 2.08 bits per heavy atom. The lowest BCUT2D eigenvalue weighted by molar-refractivity contribution is -0.122. The zero-order valence-corrected chi connectivity index (χ0v) is 8.62. The van der Waals surface area contributed by atoms with E-state index < -0.39 is 5.54 Å². The number of carbonyl (C=O) groups excluding carboxylic acids is 1. The van der Waals surface area contributed by atoms with Crippen molar-refractivity contribution < 1.29 is 4.79 Å². The van der Waals surface area contributed by atoms with Crippen LogP contribution in [-0.4, -0.2) is 16.4 Å². The van der Waals surface area contributed by atoms with Crippen molar-refractivity contribution in [1.82, 2.24) is 5.32 Å². The largest absolute Gasteiger partial charge is 0.391 e. The molecule has 0 fully saturated rings. The molecule has 0 aromatic carbocycles. The van der Waals surface area contributed by atoms with Gasteiger partial charge in [0.2, 0.25) is 5.91 Å². The molecular formula is C8H16N2OS. The smallest absolute Gasteiger partial charge is 0.220 e. The maximum Gasteiger partial charge on any atom is 0.220 e. The Hall–Kier alpha value is -0.640. The van der Waals surface area contributed by atoms with Gasteiger partial charge in [-0.1, -0.05) is 19.1 Å². The van der Waals surface area contributed by atoms with Crippen LogP contribution in [0.5, 0.6) is 0 Å². The minimum absolute atomic E-state index is 0.00435. The first-order chi connectivity index (χ1) is 5.40. The molecule has 0 aliphatic heterocycles. The molecule has 0 atom stereocenters. The number of rotatable bonds is 4. The van der Waals surface area contributed by atoms with Gasteiger partial charge in [-0.2, -0.15) is 0 Å². The van der Waals surface area contributed by atoms with Crippen LogP contribution in [0.4, 0.5) is 0 Å². The molecule has 4 heteroatoms. The number of nitrogens with two attached hydrogens (primary N) is 1. The lowest BCUT2D eigenvalue weighted by Gasteiger charge is -2.24. The van der Waals surface area contributed by atoms with Crippen LogP contribution >= 0.6 is 12.2 Å². The molecule has 0 unspecified atom stereocenters. The van der Waals surface area contributed by atoms with Crippen molar-refractivity contribution >= 4 is 23.1 Å². The normalized spacial score (nSPS) is 10.9. The van der Waals surface area contributed by atoms with Crippen LogP contribution in [0, 0.1) is 0 Å². The number of hydrogen-bond acceptors (Lipinski definition) is 2. The summed E-state index contributed by atoms with van der Waals surface area (Å²) in [7, 11) is 0. The van der Waals surface area contributed by atoms with Gasteiger partial charge in [0.15, 0.2) is 0 Å². The van der Waals surface area contributed by atoms with E-state index >= 15 is 0 Å². The molecule has 0 spiro atoms. The molecule has 0 bridgehead atoms. The second kappa shape index (κ2) is 4.40. The number of hydrogen-bond donors (Lipinski definition) is 2. The van der Waals surface area contributed by atoms with Crippen LogP contribution in [0.1, 0.15) is 33.6 Å². The molecular weight excluding hydrogens is 172 g/mol. The second-order valence-electron chi connectivity index (χ2n) is 3.29. The summed E-state index contributed by atoms with van der Waals surface area (Å²) in [5.74, 6) is -0.00435. The first kappa shape index (κ1) is 11.4. The van der Waals surface area contributed by atoms with Gasteiger partial charge in [-0.15, -0.1) is 0 Å². The summed E-state index contributed by atoms with van der Waals surface area (Å²) in [6, 6.07) is 0. The van der Waals surface area contributed by atoms with Crippen LogP contribution in [0.25, 0.3) is 0 Å². The molecule has 0 rings (SSSR count). The molecule has 0 aliphatic carbocycles. The molecule has 0 radical (unpaired) electrons. The fourth-order valence-electron chi connectivity index (χ4n) is 0.700. The van der Waals surface area contributed by atoms with Gasteiger partial charge in [0.1, 0.15) is 0 Å². The quantitative estimate of drug-likeness (QED) is 0.646. The molecule has 0 aromatic heterocycles. The highest BCUT2D eigenvalue weighted by molar-refractivity contribution is 7.80. The number of amides is 1. The summed E-state index contributed by atoms with van der Waals surface area (Å²) in [4.78, 5) is 11.4. The zero-order chi connectivity index (χ0) is 9.78. The van der Waals surface area contributed by atoms with E-state index in [4.69, 9.17) is 18.0 Å². The van der Waals surface area contributed by atoms with E-state index in [0.717, 1.165) is 6.42 Å². The minimum Gasteiger partial charge on any atom is -0.391 e. The Balaban J connectivity index is 4.06. The van der Waals surface area contributed by atoms with Crippen molar-refractivity contribution in [3.63, 3.8) is 0 Å². The fraction of sp³-hybridized carbons (Fsp3) is 0.750. The van der Waals surface area contributed by atoms with Gasteiger partial charge >= 0.3 is 0 Å². The highest BCUT2D eigenvalue weighted by atomic mass is 32.1. The van der Waals surface area contributed by atoms with Gasteiger partial charge < -0.3 is 11.1 Å². The van der Waals surface area contributed by atoms with E-state index in [0.29, 0.717) is 11.4 Å². The van der Waals surface area contributed by atoms with Gasteiger partial charge in [0.05, 0.1) is 10.5 Å². The van der Waals surface area contributed by atoms with Gasteiger partial charge in [-0.25, -0.2) is 0 Å². The standard InChI is InChI=1S/C8H16N2OS/c1-4-5-6(11)10-8(2,3)7(9)12/h4-5H2,1-3H3,(H2,9,12)(H,10,11). The highest BCUT2D eigenvalue weighted by Gasteiger charge is 2.22. The second-order valence-corrected chi connectivity index (χ2v) is 3.73. The third-order valence-corrected chi connectivity index (χ3v) is 2.06. The molecule has 3 N–H and O–H groups in total. The van der Waals surface area contributed by atoms with E-state index in [-0.39, 0.29) is 5.91 Å². The van der Waals surface area contributed by atoms with E-state index in [9.17, 15) is 4.79 Å². The lowest BCUT2D eigenvalue weighted by atomic mass is 10.1. The monoisotopic (exact) mass is 188 g/mol. The maximum absolute atomic E-state index is 11.1. The van der Waals surface area contributed by atoms with E-state index in [1.54, 1.807) is 13.8 Å². The number of carbonyl (C=O) groups is 1. The summed E-state index contributed by atoms with van der Waals surface area (Å²) < 4.78 is 0. The fourth-order valence-corrected chi connectivity index (χ4v) is 0.751. The molecule has 0 saturated heterocycles. The van der Waals surface area contributed by atoms with Gasteiger partial charge in [-0.05, 0) is 20.3 Å². The van der Waals surface area contributed by atoms with Crippen molar-refractivity contribution in [2.24, 2.45) is 5.73 Å². The summed E-state index contributed by atoms with van der Waals surface area (Å²) in [6.07, 6.45) is 1.35. The highest BCUT2D eigenvalue weighted by Crippen LogP contribution is 2.02. The Morgan fingerprint density at radius 1 is 1.58 bits per heavy atom. The van der Waals surface area contributed by atoms with E-state index in [1.807, 2.05) is 6.92 Å². The zero-order valence-electron chi connectivity index (χ0n) is 7.81. The van der Waals surface area contributed by atoms with Crippen LogP contribution < -0.4 is 11.1 Å². The molecule has 0 saturated carbocycles. The molecule has 3 nitrogen and oxygen atoms in total. The van der Waals surface area contributed by atoms with Crippen LogP contribution in [0.2, 0.25) is 0 Å². The predicted octanol–water partition coefficient (Wildman–Crippen LogP) is 0.967. The minimum atomic E-state index is -0.568. The Bertz CT molecular complexity index is 189. The van der Waals surface area contributed by atoms with Crippen molar-refractivity contribution in [2.75, 3.05) is 0 Å². The predicted molar refractivity (Wildman–Crippen MR) is 53.9 cm³/mol. The Kier molecular flexibility index (Phi) is 4.17. The van der Waals surface area contributed by atoms with Crippen LogP contribution in [0.15, 0.2) is 0 Å². The SMILES string of the molecule is CCCC(=O)NC(C)(C)C(N)=S. The molecule has 0 aliphatic rings. The van der Waals surface area contributed by atoms with Crippen molar-refractivity contribution in [1.29, 1.82) is 0 Å². The topological polar surface area (TPSA) is 55.1 Å². The number of thiocarbonyl (C=S) groups is 1. The van der Waals surface area contributed by atoms with Gasteiger partial charge in [-0.3, -0.25) is 4.79 Å². The molecule has 1 amide bonds. The summed E-state index contributed by atoms with van der Waals surface area (Å²) in [5, 5.41) is 2.75. The maximum atomic E-state index is 11.1. The van der Waals surface area contributed by atoms with Crippen molar-refractivity contribution in [3.05, 3.63) is 0 Å². The van der Waals surface area contributed by atoms with E-state index in [1.165, 1.54) is 0 Å². The Morgan fingerprint density at radius 3 is 2.42 bits per heavy atom. The third kappa shape index (κ3) is 3.67. The van der Waals surface area contributed by atoms with Crippen LogP contribution in [0.3, 0.4) is 0 Å².